The van der Waals surface area contributed by atoms with Gasteiger partial charge in [-0.15, -0.1) is 0 Å². The van der Waals surface area contributed by atoms with Crippen molar-refractivity contribution >= 4 is 38.4 Å². The number of para-hydroxylation sites is 1. The van der Waals surface area contributed by atoms with Crippen molar-refractivity contribution in [3.63, 3.8) is 0 Å². The van der Waals surface area contributed by atoms with Crippen molar-refractivity contribution in [2.24, 2.45) is 0 Å². The average molecular weight is 384 g/mol. The van der Waals surface area contributed by atoms with Gasteiger partial charge < -0.3 is 10.6 Å². The van der Waals surface area contributed by atoms with Crippen LogP contribution in [-0.2, 0) is 9.84 Å². The highest BCUT2D eigenvalue weighted by Crippen LogP contribution is 2.30. The minimum atomic E-state index is -3.54. The molecule has 2 N–H and O–H groups in total. The molecule has 0 unspecified atom stereocenters. The number of hydrogen-bond donors (Lipinski definition) is 2. The highest BCUT2D eigenvalue weighted by atomic mass is 32.2. The summed E-state index contributed by atoms with van der Waals surface area (Å²) in [6.07, 6.45) is 2.53. The number of aromatic nitrogens is 1. The number of pyridine rings is 1. The Balaban J connectivity index is 1.81. The van der Waals surface area contributed by atoms with E-state index in [2.05, 4.69) is 15.6 Å². The maximum Gasteiger partial charge on any atom is 0.293 e. The Morgan fingerprint density at radius 3 is 2.30 bits per heavy atom. The molecule has 0 bridgehead atoms. The zero-order valence-corrected chi connectivity index (χ0v) is 15.1. The highest BCUT2D eigenvalue weighted by Gasteiger charge is 2.18. The molecule has 1 aromatic heterocycles. The Morgan fingerprint density at radius 2 is 1.70 bits per heavy atom. The number of nitro groups is 1. The van der Waals surface area contributed by atoms with E-state index < -0.39 is 14.8 Å². The van der Waals surface area contributed by atoms with E-state index in [-0.39, 0.29) is 16.3 Å². The van der Waals surface area contributed by atoms with Gasteiger partial charge >= 0.3 is 0 Å². The van der Waals surface area contributed by atoms with E-state index in [1.807, 2.05) is 30.3 Å². The molecule has 138 valence electrons. The lowest BCUT2D eigenvalue weighted by atomic mass is 10.2. The first-order valence-corrected chi connectivity index (χ1v) is 9.76. The average Bonchev–Trinajstić information content (AvgIpc) is 2.63. The quantitative estimate of drug-likeness (QED) is 0.489. The monoisotopic (exact) mass is 384 g/mol. The zero-order chi connectivity index (χ0) is 19.4. The van der Waals surface area contributed by atoms with Gasteiger partial charge in [0.25, 0.3) is 5.69 Å². The van der Waals surface area contributed by atoms with Crippen molar-refractivity contribution in [3.05, 3.63) is 77.0 Å². The summed E-state index contributed by atoms with van der Waals surface area (Å²) in [6.45, 7) is 0. The maximum absolute atomic E-state index is 11.6. The molecule has 3 rings (SSSR count). The van der Waals surface area contributed by atoms with Gasteiger partial charge in [-0.3, -0.25) is 10.1 Å². The topological polar surface area (TPSA) is 114 Å². The van der Waals surface area contributed by atoms with Crippen LogP contribution in [-0.4, -0.2) is 24.6 Å². The number of benzene rings is 2. The number of nitrogens with zero attached hydrogens (tertiary/aromatic N) is 2. The molecule has 0 amide bonds. The maximum atomic E-state index is 11.6. The Hall–Kier alpha value is -3.46. The molecule has 0 fully saturated rings. The summed E-state index contributed by atoms with van der Waals surface area (Å²) in [5.74, 6) is 0.619. The molecule has 0 aliphatic rings. The molecule has 27 heavy (non-hydrogen) atoms. The predicted octanol–water partition coefficient (Wildman–Crippen LogP) is 3.88. The second-order valence-electron chi connectivity index (χ2n) is 5.76. The summed E-state index contributed by atoms with van der Waals surface area (Å²) in [5.41, 5.74) is 1.27. The Bertz CT molecular complexity index is 1070. The van der Waals surface area contributed by atoms with Crippen molar-refractivity contribution in [1.82, 2.24) is 4.98 Å². The summed E-state index contributed by atoms with van der Waals surface area (Å²) in [7, 11) is -3.54. The zero-order valence-electron chi connectivity index (χ0n) is 14.3. The van der Waals surface area contributed by atoms with Gasteiger partial charge in [0.05, 0.1) is 21.7 Å². The van der Waals surface area contributed by atoms with Crippen molar-refractivity contribution < 1.29 is 13.3 Å². The second-order valence-corrected chi connectivity index (χ2v) is 7.77. The van der Waals surface area contributed by atoms with Crippen LogP contribution < -0.4 is 10.6 Å². The normalized spacial score (nSPS) is 11.0. The van der Waals surface area contributed by atoms with E-state index in [0.717, 1.165) is 18.0 Å². The summed E-state index contributed by atoms with van der Waals surface area (Å²) >= 11 is 0. The van der Waals surface area contributed by atoms with E-state index in [1.54, 1.807) is 12.1 Å². The van der Waals surface area contributed by atoms with Crippen LogP contribution in [0.4, 0.5) is 28.6 Å². The van der Waals surface area contributed by atoms with E-state index in [4.69, 9.17) is 0 Å². The molecule has 8 nitrogen and oxygen atoms in total. The Labute approximate surface area is 156 Å². The fourth-order valence-electron chi connectivity index (χ4n) is 2.37. The van der Waals surface area contributed by atoms with Crippen LogP contribution in [0.1, 0.15) is 0 Å². The molecule has 0 saturated carbocycles. The van der Waals surface area contributed by atoms with Crippen molar-refractivity contribution in [1.29, 1.82) is 0 Å². The van der Waals surface area contributed by atoms with Crippen molar-refractivity contribution in [2.45, 2.75) is 4.90 Å². The molecule has 2 aromatic carbocycles. The van der Waals surface area contributed by atoms with Crippen LogP contribution in [0.15, 0.2) is 71.8 Å². The summed E-state index contributed by atoms with van der Waals surface area (Å²) in [4.78, 5) is 14.8. The SMILES string of the molecule is CS(=O)(=O)c1ccc(Nc2ccc(Nc3ccccc3)nc2)c([N+](=O)[O-])c1. The van der Waals surface area contributed by atoms with E-state index in [1.165, 1.54) is 18.3 Å². The van der Waals surface area contributed by atoms with E-state index >= 15 is 0 Å². The fourth-order valence-corrected chi connectivity index (χ4v) is 3.01. The number of sulfone groups is 1. The van der Waals surface area contributed by atoms with Crippen LogP contribution in [0, 0.1) is 10.1 Å². The van der Waals surface area contributed by atoms with Gasteiger partial charge in [-0.05, 0) is 36.4 Å². The largest absolute Gasteiger partial charge is 0.349 e. The Kier molecular flexibility index (Phi) is 5.04. The third kappa shape index (κ3) is 4.59. The van der Waals surface area contributed by atoms with Gasteiger partial charge in [-0.1, -0.05) is 18.2 Å². The van der Waals surface area contributed by atoms with Crippen molar-refractivity contribution in [2.75, 3.05) is 16.9 Å². The van der Waals surface area contributed by atoms with Crippen molar-refractivity contribution in [3.8, 4) is 0 Å². The lowest BCUT2D eigenvalue weighted by Crippen LogP contribution is -2.02. The molecule has 1 heterocycles. The standard InChI is InChI=1S/C18H16N4O4S/c1-27(25,26)15-8-9-16(17(11-15)22(23)24)20-14-7-10-18(19-12-14)21-13-5-3-2-4-6-13/h2-12,20H,1H3,(H,19,21). The number of hydrogen-bond acceptors (Lipinski definition) is 7. The first-order chi connectivity index (χ1) is 12.8. The third-order valence-electron chi connectivity index (χ3n) is 3.68. The van der Waals surface area contributed by atoms with Crippen LogP contribution in [0.25, 0.3) is 0 Å². The number of nitro benzene ring substituents is 1. The molecule has 0 spiro atoms. The highest BCUT2D eigenvalue weighted by molar-refractivity contribution is 7.90. The first kappa shape index (κ1) is 18.3. The summed E-state index contributed by atoms with van der Waals surface area (Å²) in [5, 5.41) is 17.3. The predicted molar refractivity (Wildman–Crippen MR) is 103 cm³/mol. The number of anilines is 4. The van der Waals surface area contributed by atoms with Crippen LogP contribution in [0.2, 0.25) is 0 Å². The van der Waals surface area contributed by atoms with E-state index in [9.17, 15) is 18.5 Å². The Morgan fingerprint density at radius 1 is 0.963 bits per heavy atom. The smallest absolute Gasteiger partial charge is 0.293 e. The van der Waals surface area contributed by atoms with Gasteiger partial charge in [-0.2, -0.15) is 0 Å². The molecule has 0 aliphatic heterocycles. The minimum Gasteiger partial charge on any atom is -0.349 e. The summed E-state index contributed by atoms with van der Waals surface area (Å²) in [6, 6.07) is 16.7. The van der Waals surface area contributed by atoms with Crippen LogP contribution in [0.3, 0.4) is 0 Å². The number of nitrogens with one attached hydrogen (secondary N) is 2. The molecular formula is C18H16N4O4S. The van der Waals surface area contributed by atoms with Crippen LogP contribution >= 0.6 is 0 Å². The third-order valence-corrected chi connectivity index (χ3v) is 4.79. The molecule has 0 atom stereocenters. The van der Waals surface area contributed by atoms with Gasteiger partial charge in [-0.25, -0.2) is 13.4 Å². The molecule has 0 radical (unpaired) electrons. The van der Waals surface area contributed by atoms with Gasteiger partial charge in [0.1, 0.15) is 11.5 Å². The first-order valence-electron chi connectivity index (χ1n) is 7.86. The number of rotatable bonds is 6. The van der Waals surface area contributed by atoms with Gasteiger partial charge in [0.15, 0.2) is 9.84 Å². The molecule has 3 aromatic rings. The summed E-state index contributed by atoms with van der Waals surface area (Å²) < 4.78 is 23.2. The van der Waals surface area contributed by atoms with Gasteiger partial charge in [0, 0.05) is 18.0 Å². The second kappa shape index (κ2) is 7.42. The molecular weight excluding hydrogens is 368 g/mol. The molecule has 0 saturated heterocycles. The van der Waals surface area contributed by atoms with E-state index in [0.29, 0.717) is 11.5 Å². The molecule has 9 heteroatoms. The molecule has 0 aliphatic carbocycles. The fraction of sp³-hybridized carbons (Fsp3) is 0.0556. The minimum absolute atomic E-state index is 0.111. The van der Waals surface area contributed by atoms with Gasteiger partial charge in [0.2, 0.25) is 0 Å². The lowest BCUT2D eigenvalue weighted by Gasteiger charge is -2.09. The lowest BCUT2D eigenvalue weighted by molar-refractivity contribution is -0.384. The van der Waals surface area contributed by atoms with Crippen LogP contribution in [0.5, 0.6) is 0 Å².